The molecule has 2 heterocycles. The molecule has 0 aliphatic heterocycles. The molecule has 18 heavy (non-hydrogen) atoms. The molecule has 0 bridgehead atoms. The van der Waals surface area contributed by atoms with Gasteiger partial charge in [0.05, 0.1) is 0 Å². The van der Waals surface area contributed by atoms with Crippen LogP contribution >= 0.6 is 0 Å². The Morgan fingerprint density at radius 1 is 1.06 bits per heavy atom. The van der Waals surface area contributed by atoms with Crippen LogP contribution in [0.1, 0.15) is 0 Å². The molecule has 0 spiro atoms. The molecule has 0 fully saturated rings. The first-order chi connectivity index (χ1) is 8.92. The Kier molecular flexibility index (Phi) is 1.74. The first-order valence-corrected chi connectivity index (χ1v) is 5.28. The maximum atomic E-state index is 5.03. The summed E-state index contributed by atoms with van der Waals surface area (Å²) < 4.78 is 9.68. The second kappa shape index (κ2) is 3.36. The zero-order valence-electron chi connectivity index (χ0n) is 8.99. The third-order valence-electron chi connectivity index (χ3n) is 2.74. The fraction of sp³-hybridized carbons (Fsp3) is 0. The van der Waals surface area contributed by atoms with E-state index in [9.17, 15) is 0 Å². The highest BCUT2D eigenvalue weighted by atomic mass is 16.6. The first kappa shape index (κ1) is 9.29. The number of hydrogen-bond acceptors (Lipinski definition) is 6. The number of fused-ring (bicyclic) bond motifs is 2. The number of benzene rings is 2. The molecule has 2 aromatic heterocycles. The Labute approximate surface area is 100 Å². The van der Waals surface area contributed by atoms with E-state index in [4.69, 9.17) is 4.52 Å². The Morgan fingerprint density at radius 2 is 2.06 bits per heavy atom. The Morgan fingerprint density at radius 3 is 3.06 bits per heavy atom. The molecule has 0 unspecified atom stereocenters. The molecule has 0 N–H and O–H groups in total. The van der Waals surface area contributed by atoms with E-state index in [1.165, 1.54) is 0 Å². The van der Waals surface area contributed by atoms with Crippen LogP contribution in [-0.2, 0) is 0 Å². The lowest BCUT2D eigenvalue weighted by molar-refractivity contribution is 0.315. The molecule has 4 aromatic rings. The number of hydrogen-bond donors (Lipinski definition) is 0. The van der Waals surface area contributed by atoms with E-state index in [0.717, 1.165) is 11.1 Å². The van der Waals surface area contributed by atoms with Crippen LogP contribution in [0.4, 0.5) is 0 Å². The normalized spacial score (nSPS) is 11.3. The topological polar surface area (TPSA) is 77.8 Å². The molecule has 0 amide bonds. The summed E-state index contributed by atoms with van der Waals surface area (Å²) in [6.07, 6.45) is 0. The van der Waals surface area contributed by atoms with Crippen molar-refractivity contribution in [3.05, 3.63) is 36.4 Å². The van der Waals surface area contributed by atoms with Gasteiger partial charge in [-0.25, -0.2) is 4.63 Å². The zero-order chi connectivity index (χ0) is 11.9. The predicted octanol–water partition coefficient (Wildman–Crippen LogP) is 2.23. The molecule has 0 atom stereocenters. The molecule has 0 saturated heterocycles. The molecule has 0 aliphatic carbocycles. The van der Waals surface area contributed by atoms with Gasteiger partial charge in [0.25, 0.3) is 0 Å². The van der Waals surface area contributed by atoms with Crippen molar-refractivity contribution in [2.45, 2.75) is 0 Å². The second-order valence-electron chi connectivity index (χ2n) is 3.80. The summed E-state index contributed by atoms with van der Waals surface area (Å²) in [5, 5.41) is 15.0. The average Bonchev–Trinajstić information content (AvgIpc) is 3.05. The minimum atomic E-state index is 0.584. The van der Waals surface area contributed by atoms with E-state index >= 15 is 0 Å². The fourth-order valence-electron chi connectivity index (χ4n) is 1.90. The summed E-state index contributed by atoms with van der Waals surface area (Å²) >= 11 is 0. The van der Waals surface area contributed by atoms with Gasteiger partial charge in [-0.05, 0) is 28.0 Å². The lowest BCUT2D eigenvalue weighted by Gasteiger charge is -1.99. The van der Waals surface area contributed by atoms with Crippen LogP contribution in [0.15, 0.2) is 39.5 Å². The Bertz CT molecular complexity index is 849. The molecule has 0 saturated carbocycles. The van der Waals surface area contributed by atoms with Crippen LogP contribution < -0.4 is 0 Å². The lowest BCUT2D eigenvalue weighted by Crippen LogP contribution is -1.81. The highest BCUT2D eigenvalue weighted by Crippen LogP contribution is 2.28. The number of aromatic nitrogens is 4. The van der Waals surface area contributed by atoms with E-state index in [0.29, 0.717) is 22.1 Å². The van der Waals surface area contributed by atoms with E-state index in [-0.39, 0.29) is 0 Å². The van der Waals surface area contributed by atoms with Gasteiger partial charge in [-0.1, -0.05) is 18.2 Å². The van der Waals surface area contributed by atoms with Gasteiger partial charge in [0.15, 0.2) is 5.58 Å². The third-order valence-corrected chi connectivity index (χ3v) is 2.74. The van der Waals surface area contributed by atoms with Crippen LogP contribution in [0.3, 0.4) is 0 Å². The molecule has 6 nitrogen and oxygen atoms in total. The monoisotopic (exact) mass is 237 g/mol. The largest absolute Gasteiger partial charge is 0.337 e. The van der Waals surface area contributed by atoms with Gasteiger partial charge in [-0.3, -0.25) is 0 Å². The molecule has 0 aliphatic rings. The summed E-state index contributed by atoms with van der Waals surface area (Å²) in [7, 11) is 0. The molecular weight excluding hydrogens is 232 g/mol. The summed E-state index contributed by atoms with van der Waals surface area (Å²) in [4.78, 5) is 0. The molecule has 2 aromatic carbocycles. The van der Waals surface area contributed by atoms with Crippen molar-refractivity contribution in [1.29, 1.82) is 0 Å². The smallest absolute Gasteiger partial charge is 0.188 e. The predicted molar refractivity (Wildman–Crippen MR) is 61.4 cm³/mol. The second-order valence-corrected chi connectivity index (χ2v) is 3.80. The molecular formula is C12H5N4O2. The van der Waals surface area contributed by atoms with E-state index in [1.807, 2.05) is 30.3 Å². The maximum Gasteiger partial charge on any atom is 0.188 e. The van der Waals surface area contributed by atoms with Crippen molar-refractivity contribution in [3.8, 4) is 11.1 Å². The molecule has 1 radical (unpaired) electrons. The van der Waals surface area contributed by atoms with E-state index in [2.05, 4.69) is 31.4 Å². The molecule has 85 valence electrons. The highest BCUT2D eigenvalue weighted by Gasteiger charge is 2.10. The van der Waals surface area contributed by atoms with Crippen LogP contribution in [0.5, 0.6) is 0 Å². The van der Waals surface area contributed by atoms with Gasteiger partial charge < -0.3 is 4.52 Å². The van der Waals surface area contributed by atoms with E-state index in [1.54, 1.807) is 0 Å². The van der Waals surface area contributed by atoms with Crippen LogP contribution in [0.25, 0.3) is 33.3 Å². The summed E-state index contributed by atoms with van der Waals surface area (Å²) in [5.41, 5.74) is 4.33. The van der Waals surface area contributed by atoms with Crippen molar-refractivity contribution in [1.82, 2.24) is 20.7 Å². The van der Waals surface area contributed by atoms with Crippen molar-refractivity contribution < 1.29 is 9.15 Å². The van der Waals surface area contributed by atoms with Crippen LogP contribution in [0, 0.1) is 6.07 Å². The van der Waals surface area contributed by atoms with Crippen molar-refractivity contribution in [3.63, 3.8) is 0 Å². The van der Waals surface area contributed by atoms with Gasteiger partial charge in [-0.2, -0.15) is 0 Å². The minimum Gasteiger partial charge on any atom is -0.337 e. The Hall–Kier alpha value is -2.76. The van der Waals surface area contributed by atoms with Gasteiger partial charge >= 0.3 is 0 Å². The summed E-state index contributed by atoms with van der Waals surface area (Å²) in [5.74, 6) is 0. The first-order valence-electron chi connectivity index (χ1n) is 5.28. The SMILES string of the molecule is [c]1c(-c2cccc3onnc23)ccc2nonc12. The average molecular weight is 237 g/mol. The zero-order valence-corrected chi connectivity index (χ0v) is 8.99. The van der Waals surface area contributed by atoms with Gasteiger partial charge in [-0.15, -0.1) is 5.10 Å². The maximum absolute atomic E-state index is 5.03. The van der Waals surface area contributed by atoms with Crippen LogP contribution in [-0.4, -0.2) is 20.7 Å². The van der Waals surface area contributed by atoms with Gasteiger partial charge in [0.1, 0.15) is 16.6 Å². The summed E-state index contributed by atoms with van der Waals surface area (Å²) in [6, 6.07) is 12.5. The lowest BCUT2D eigenvalue weighted by atomic mass is 10.0. The molecule has 4 rings (SSSR count). The fourth-order valence-corrected chi connectivity index (χ4v) is 1.90. The van der Waals surface area contributed by atoms with E-state index < -0.39 is 0 Å². The number of rotatable bonds is 1. The van der Waals surface area contributed by atoms with Gasteiger partial charge in [0.2, 0.25) is 0 Å². The molecule has 6 heteroatoms. The standard InChI is InChI=1S/C12H5N4O2/c1-2-8(12-11(3-1)17-16-13-12)7-4-5-9-10(6-7)15-18-14-9/h1-5H. The van der Waals surface area contributed by atoms with Crippen molar-refractivity contribution in [2.24, 2.45) is 0 Å². The highest BCUT2D eigenvalue weighted by molar-refractivity contribution is 5.92. The van der Waals surface area contributed by atoms with Gasteiger partial charge in [0, 0.05) is 16.9 Å². The van der Waals surface area contributed by atoms with Crippen molar-refractivity contribution >= 4 is 22.1 Å². The third kappa shape index (κ3) is 1.22. The number of nitrogens with zero attached hydrogens (tertiary/aromatic N) is 4. The van der Waals surface area contributed by atoms with Crippen LogP contribution in [0.2, 0.25) is 0 Å². The minimum absolute atomic E-state index is 0.584. The van der Waals surface area contributed by atoms with Crippen molar-refractivity contribution in [2.75, 3.05) is 0 Å². The quantitative estimate of drug-likeness (QED) is 0.505. The Balaban J connectivity index is 2.03. The summed E-state index contributed by atoms with van der Waals surface area (Å²) in [6.45, 7) is 0.